The molecule has 0 unspecified atom stereocenters. The summed E-state index contributed by atoms with van der Waals surface area (Å²) in [6.07, 6.45) is 21.5. The molecule has 5 heteroatoms. The number of rotatable bonds is 21. The van der Waals surface area contributed by atoms with Crippen molar-refractivity contribution in [1.82, 2.24) is 5.32 Å². The molecular formula is C36H59IN2O2. The standard InChI is InChI=1S/C36H58N2O2.HI/c1-6-8-9-10-11-12-13-14-15-16-17-18-19-22-27-40-34-25-24-31(28-33(34)36(3,4)5)29-35(39)37-30-32-23-20-21-26-38(32)7-2;/h20-21,23-26,28H,6-19,22,27,29-30H2,1-5H3;1H. The van der Waals surface area contributed by atoms with E-state index in [4.69, 9.17) is 4.74 Å². The molecule has 41 heavy (non-hydrogen) atoms. The molecule has 1 aromatic heterocycles. The van der Waals surface area contributed by atoms with Crippen LogP contribution in [0.1, 0.15) is 141 Å². The second kappa shape index (κ2) is 22.0. The molecule has 2 aromatic rings. The van der Waals surface area contributed by atoms with Crippen molar-refractivity contribution in [2.45, 2.75) is 149 Å². The average molecular weight is 679 g/mol. The van der Waals surface area contributed by atoms with Gasteiger partial charge >= 0.3 is 0 Å². The van der Waals surface area contributed by atoms with Gasteiger partial charge in [-0.05, 0) is 36.0 Å². The Hall–Kier alpha value is -1.63. The minimum Gasteiger partial charge on any atom is -1.00 e. The van der Waals surface area contributed by atoms with Gasteiger partial charge in [-0.2, -0.15) is 0 Å². The van der Waals surface area contributed by atoms with Gasteiger partial charge in [-0.25, -0.2) is 4.57 Å². The molecule has 1 amide bonds. The van der Waals surface area contributed by atoms with Gasteiger partial charge in [0.05, 0.1) is 13.0 Å². The first kappa shape index (κ1) is 37.4. The average Bonchev–Trinajstić information content (AvgIpc) is 2.94. The van der Waals surface area contributed by atoms with E-state index >= 15 is 0 Å². The second-order valence-corrected chi connectivity index (χ2v) is 12.5. The molecule has 0 aliphatic carbocycles. The summed E-state index contributed by atoms with van der Waals surface area (Å²) < 4.78 is 8.41. The van der Waals surface area contributed by atoms with Crippen LogP contribution in [0.3, 0.4) is 0 Å². The lowest BCUT2D eigenvalue weighted by molar-refractivity contribution is -0.701. The number of hydrogen-bond donors (Lipinski definition) is 1. The molecule has 1 heterocycles. The van der Waals surface area contributed by atoms with Crippen molar-refractivity contribution in [2.75, 3.05) is 6.61 Å². The molecule has 0 fully saturated rings. The van der Waals surface area contributed by atoms with Crippen molar-refractivity contribution in [1.29, 1.82) is 0 Å². The molecule has 0 bridgehead atoms. The highest BCUT2D eigenvalue weighted by Crippen LogP contribution is 2.32. The topological polar surface area (TPSA) is 42.2 Å². The van der Waals surface area contributed by atoms with Crippen LogP contribution < -0.4 is 38.6 Å². The lowest BCUT2D eigenvalue weighted by atomic mass is 9.85. The molecule has 4 nitrogen and oxygen atoms in total. The van der Waals surface area contributed by atoms with Crippen molar-refractivity contribution in [3.63, 3.8) is 0 Å². The Labute approximate surface area is 269 Å². The van der Waals surface area contributed by atoms with E-state index in [1.165, 1.54) is 89.0 Å². The van der Waals surface area contributed by atoms with E-state index in [1.807, 2.05) is 18.2 Å². The number of carbonyl (C=O) groups excluding carboxylic acids is 1. The van der Waals surface area contributed by atoms with E-state index in [0.717, 1.165) is 36.6 Å². The number of nitrogens with zero attached hydrogens (tertiary/aromatic N) is 1. The van der Waals surface area contributed by atoms with E-state index in [1.54, 1.807) is 0 Å². The van der Waals surface area contributed by atoms with Gasteiger partial charge in [0, 0.05) is 12.1 Å². The summed E-state index contributed by atoms with van der Waals surface area (Å²) in [5, 5.41) is 3.09. The van der Waals surface area contributed by atoms with Crippen molar-refractivity contribution in [3.8, 4) is 5.75 Å². The number of hydrogen-bond acceptors (Lipinski definition) is 2. The van der Waals surface area contributed by atoms with Crippen LogP contribution in [-0.2, 0) is 29.7 Å². The van der Waals surface area contributed by atoms with E-state index < -0.39 is 0 Å². The van der Waals surface area contributed by atoms with Crippen LogP contribution in [0, 0.1) is 0 Å². The fraction of sp³-hybridized carbons (Fsp3) is 0.667. The lowest BCUT2D eigenvalue weighted by Gasteiger charge is -2.24. The maximum absolute atomic E-state index is 12.7. The van der Waals surface area contributed by atoms with Crippen LogP contribution in [0.4, 0.5) is 0 Å². The number of amides is 1. The Morgan fingerprint density at radius 2 is 1.39 bits per heavy atom. The van der Waals surface area contributed by atoms with Gasteiger partial charge in [-0.15, -0.1) is 0 Å². The summed E-state index contributed by atoms with van der Waals surface area (Å²) in [5.41, 5.74) is 3.27. The normalized spacial score (nSPS) is 11.2. The van der Waals surface area contributed by atoms with E-state index in [9.17, 15) is 4.79 Å². The molecule has 0 spiro atoms. The SMILES string of the molecule is CCCCCCCCCCCCCCCCOc1ccc(CC(=O)NCc2cccc[n+]2CC)cc1C(C)(C)C.[I-]. The molecule has 232 valence electrons. The minimum atomic E-state index is -0.0476. The summed E-state index contributed by atoms with van der Waals surface area (Å²) in [7, 11) is 0. The molecule has 0 aliphatic rings. The predicted octanol–water partition coefficient (Wildman–Crippen LogP) is 6.01. The van der Waals surface area contributed by atoms with E-state index in [-0.39, 0.29) is 35.3 Å². The highest BCUT2D eigenvalue weighted by atomic mass is 127. The van der Waals surface area contributed by atoms with E-state index in [2.05, 4.69) is 68.9 Å². The largest absolute Gasteiger partial charge is 1.00 e. The smallest absolute Gasteiger partial charge is 0.224 e. The summed E-state index contributed by atoms with van der Waals surface area (Å²) in [4.78, 5) is 12.7. The zero-order valence-electron chi connectivity index (χ0n) is 26.9. The van der Waals surface area contributed by atoms with Crippen LogP contribution in [-0.4, -0.2) is 12.5 Å². The zero-order valence-corrected chi connectivity index (χ0v) is 29.1. The molecule has 0 atom stereocenters. The Morgan fingerprint density at radius 3 is 1.95 bits per heavy atom. The van der Waals surface area contributed by atoms with Crippen LogP contribution in [0.5, 0.6) is 5.75 Å². The first-order valence-electron chi connectivity index (χ1n) is 16.4. The second-order valence-electron chi connectivity index (χ2n) is 12.5. The maximum atomic E-state index is 12.7. The Morgan fingerprint density at radius 1 is 0.805 bits per heavy atom. The number of pyridine rings is 1. The first-order chi connectivity index (χ1) is 19.3. The van der Waals surface area contributed by atoms with Gasteiger partial charge in [0.1, 0.15) is 18.8 Å². The molecule has 2 rings (SSSR count). The third-order valence-electron chi connectivity index (χ3n) is 7.81. The fourth-order valence-corrected chi connectivity index (χ4v) is 5.30. The number of halogens is 1. The summed E-state index contributed by atoms with van der Waals surface area (Å²) >= 11 is 0. The molecule has 0 saturated heterocycles. The molecule has 1 N–H and O–H groups in total. The Bertz CT molecular complexity index is 970. The summed E-state index contributed by atoms with van der Waals surface area (Å²) in [5.74, 6) is 1.00. The van der Waals surface area contributed by atoms with Gasteiger partial charge in [-0.3, -0.25) is 4.79 Å². The Kier molecular flexibility index (Phi) is 20.1. The van der Waals surface area contributed by atoms with E-state index in [0.29, 0.717) is 13.0 Å². The third kappa shape index (κ3) is 16.0. The number of carbonyl (C=O) groups is 1. The number of benzene rings is 1. The first-order valence-corrected chi connectivity index (χ1v) is 16.4. The molecule has 0 radical (unpaired) electrons. The van der Waals surface area contributed by atoms with Gasteiger partial charge in [0.2, 0.25) is 11.6 Å². The number of aromatic nitrogens is 1. The molecule has 0 saturated carbocycles. The van der Waals surface area contributed by atoms with Gasteiger partial charge in [0.15, 0.2) is 6.20 Å². The summed E-state index contributed by atoms with van der Waals surface area (Å²) in [6, 6.07) is 12.4. The quantitative estimate of drug-likeness (QED) is 0.0999. The van der Waals surface area contributed by atoms with Crippen LogP contribution in [0.15, 0.2) is 42.6 Å². The Balaban J connectivity index is 0.00000840. The fourth-order valence-electron chi connectivity index (χ4n) is 5.30. The number of ether oxygens (including phenoxy) is 1. The number of aryl methyl sites for hydroxylation is 1. The summed E-state index contributed by atoms with van der Waals surface area (Å²) in [6.45, 7) is 13.2. The van der Waals surface area contributed by atoms with Gasteiger partial charge < -0.3 is 34.0 Å². The van der Waals surface area contributed by atoms with Crippen molar-refractivity contribution < 1.29 is 38.1 Å². The number of unbranched alkanes of at least 4 members (excludes halogenated alkanes) is 13. The molecular weight excluding hydrogens is 619 g/mol. The lowest BCUT2D eigenvalue weighted by Crippen LogP contribution is -3.00. The van der Waals surface area contributed by atoms with Crippen LogP contribution >= 0.6 is 0 Å². The highest BCUT2D eigenvalue weighted by Gasteiger charge is 2.20. The number of nitrogens with one attached hydrogen (secondary N) is 1. The maximum Gasteiger partial charge on any atom is 0.224 e. The third-order valence-corrected chi connectivity index (χ3v) is 7.81. The monoisotopic (exact) mass is 678 g/mol. The zero-order chi connectivity index (χ0) is 29.1. The van der Waals surface area contributed by atoms with Crippen molar-refractivity contribution in [2.24, 2.45) is 0 Å². The van der Waals surface area contributed by atoms with Gasteiger partial charge in [0.25, 0.3) is 0 Å². The minimum absolute atomic E-state index is 0. The van der Waals surface area contributed by atoms with Crippen LogP contribution in [0.25, 0.3) is 0 Å². The molecule has 1 aromatic carbocycles. The predicted molar refractivity (Wildman–Crippen MR) is 169 cm³/mol. The van der Waals surface area contributed by atoms with Crippen LogP contribution in [0.2, 0.25) is 0 Å². The van der Waals surface area contributed by atoms with Crippen molar-refractivity contribution in [3.05, 3.63) is 59.4 Å². The van der Waals surface area contributed by atoms with Gasteiger partial charge in [-0.1, -0.05) is 129 Å². The highest BCUT2D eigenvalue weighted by molar-refractivity contribution is 5.78. The molecule has 0 aliphatic heterocycles. The van der Waals surface area contributed by atoms with Crippen molar-refractivity contribution >= 4 is 5.91 Å².